The van der Waals surface area contributed by atoms with Crippen LogP contribution in [0, 0.1) is 0 Å². The van der Waals surface area contributed by atoms with Crippen LogP contribution in [0.3, 0.4) is 0 Å². The highest BCUT2D eigenvalue weighted by Crippen LogP contribution is 2.44. The minimum absolute atomic E-state index is 0.595. The number of benzene rings is 8. The van der Waals surface area contributed by atoms with Crippen molar-refractivity contribution in [3.05, 3.63) is 188 Å². The van der Waals surface area contributed by atoms with Gasteiger partial charge in [0.1, 0.15) is 11.2 Å². The van der Waals surface area contributed by atoms with Crippen LogP contribution >= 0.6 is 11.3 Å². The molecule has 11 rings (SSSR count). The maximum atomic E-state index is 6.25. The molecule has 262 valence electrons. The molecule has 0 spiro atoms. The summed E-state index contributed by atoms with van der Waals surface area (Å²) in [5, 5.41) is 4.68. The van der Waals surface area contributed by atoms with Gasteiger partial charge in [-0.25, -0.2) is 15.0 Å². The topological polar surface area (TPSA) is 51.8 Å². The number of aromatic nitrogens is 3. The Bertz CT molecular complexity index is 3260. The lowest BCUT2D eigenvalue weighted by atomic mass is 9.97. The molecular weight excluding hydrogens is 703 g/mol. The Labute approximate surface area is 327 Å². The lowest BCUT2D eigenvalue weighted by Gasteiger charge is -2.10. The zero-order chi connectivity index (χ0) is 37.0. The Balaban J connectivity index is 1.03. The monoisotopic (exact) mass is 733 g/mol. The summed E-state index contributed by atoms with van der Waals surface area (Å²) in [7, 11) is 0. The number of hydrogen-bond acceptors (Lipinski definition) is 5. The van der Waals surface area contributed by atoms with Crippen molar-refractivity contribution in [1.82, 2.24) is 15.0 Å². The van der Waals surface area contributed by atoms with Crippen LogP contribution in [0.2, 0.25) is 0 Å². The van der Waals surface area contributed by atoms with Gasteiger partial charge >= 0.3 is 0 Å². The van der Waals surface area contributed by atoms with Gasteiger partial charge in [-0.1, -0.05) is 158 Å². The van der Waals surface area contributed by atoms with Crippen LogP contribution in [0.25, 0.3) is 110 Å². The van der Waals surface area contributed by atoms with Crippen molar-refractivity contribution in [3.63, 3.8) is 0 Å². The van der Waals surface area contributed by atoms with E-state index in [0.29, 0.717) is 17.5 Å². The van der Waals surface area contributed by atoms with Crippen LogP contribution in [0.5, 0.6) is 0 Å². The van der Waals surface area contributed by atoms with Gasteiger partial charge in [0, 0.05) is 47.6 Å². The third-order valence-electron chi connectivity index (χ3n) is 10.5. The number of para-hydroxylation sites is 1. The van der Waals surface area contributed by atoms with Crippen molar-refractivity contribution in [3.8, 4) is 67.5 Å². The fourth-order valence-electron chi connectivity index (χ4n) is 7.81. The zero-order valence-electron chi connectivity index (χ0n) is 30.1. The molecule has 0 atom stereocenters. The molecule has 11 aromatic rings. The number of nitrogens with zero attached hydrogens (tertiary/aromatic N) is 3. The molecule has 0 amide bonds. The molecule has 5 heteroatoms. The summed E-state index contributed by atoms with van der Waals surface area (Å²) in [5.41, 5.74) is 11.6. The van der Waals surface area contributed by atoms with Crippen molar-refractivity contribution < 1.29 is 4.42 Å². The number of thiophene rings is 1. The van der Waals surface area contributed by atoms with E-state index in [1.54, 1.807) is 0 Å². The van der Waals surface area contributed by atoms with E-state index in [1.165, 1.54) is 48.0 Å². The highest BCUT2D eigenvalue weighted by Gasteiger charge is 2.17. The molecule has 4 nitrogen and oxygen atoms in total. The second-order valence-corrected chi connectivity index (χ2v) is 15.0. The van der Waals surface area contributed by atoms with E-state index in [1.807, 2.05) is 65.9 Å². The quantitative estimate of drug-likeness (QED) is 0.171. The van der Waals surface area contributed by atoms with Crippen molar-refractivity contribution in [2.24, 2.45) is 0 Å². The van der Waals surface area contributed by atoms with E-state index in [0.717, 1.165) is 44.2 Å². The van der Waals surface area contributed by atoms with Crippen LogP contribution in [0.1, 0.15) is 0 Å². The van der Waals surface area contributed by atoms with Crippen LogP contribution in [-0.4, -0.2) is 15.0 Å². The zero-order valence-corrected chi connectivity index (χ0v) is 30.9. The highest BCUT2D eigenvalue weighted by atomic mass is 32.1. The standard InChI is InChI=1S/C51H31N3OS/c1-3-13-32(14-4-1)34-17-9-18-35(29-34)39-22-11-24-43-44-25-12-23-40(48(44)56-47(39)43)36-19-10-20-37(30-36)50-52-49(33-15-5-2-6-16-33)53-51(54-50)38-27-28-42-41-21-7-8-26-45(41)55-46(42)31-38/h1-31H. The predicted molar refractivity (Wildman–Crippen MR) is 233 cm³/mol. The van der Waals surface area contributed by atoms with Gasteiger partial charge in [-0.3, -0.25) is 0 Å². The number of hydrogen-bond donors (Lipinski definition) is 0. The first kappa shape index (κ1) is 32.2. The normalized spacial score (nSPS) is 11.6. The fraction of sp³-hybridized carbons (Fsp3) is 0. The Morgan fingerprint density at radius 1 is 0.304 bits per heavy atom. The lowest BCUT2D eigenvalue weighted by molar-refractivity contribution is 0.669. The van der Waals surface area contributed by atoms with Gasteiger partial charge in [-0.15, -0.1) is 11.3 Å². The molecule has 0 unspecified atom stereocenters. The highest BCUT2D eigenvalue weighted by molar-refractivity contribution is 7.26. The minimum atomic E-state index is 0.595. The summed E-state index contributed by atoms with van der Waals surface area (Å²) in [6.07, 6.45) is 0. The second-order valence-electron chi connectivity index (χ2n) is 14.0. The Morgan fingerprint density at radius 2 is 0.768 bits per heavy atom. The third kappa shape index (κ3) is 5.56. The van der Waals surface area contributed by atoms with E-state index >= 15 is 0 Å². The molecule has 0 bridgehead atoms. The summed E-state index contributed by atoms with van der Waals surface area (Å²) >= 11 is 1.86. The van der Waals surface area contributed by atoms with E-state index in [9.17, 15) is 0 Å². The molecule has 0 saturated heterocycles. The maximum Gasteiger partial charge on any atom is 0.164 e. The van der Waals surface area contributed by atoms with Gasteiger partial charge in [0.15, 0.2) is 17.5 Å². The third-order valence-corrected chi connectivity index (χ3v) is 11.8. The fourth-order valence-corrected chi connectivity index (χ4v) is 9.18. The van der Waals surface area contributed by atoms with E-state index < -0.39 is 0 Å². The summed E-state index contributed by atoms with van der Waals surface area (Å²) in [5.74, 6) is 1.83. The molecule has 0 aliphatic heterocycles. The molecule has 56 heavy (non-hydrogen) atoms. The first-order valence-corrected chi connectivity index (χ1v) is 19.5. The van der Waals surface area contributed by atoms with Crippen LogP contribution in [0.4, 0.5) is 0 Å². The lowest BCUT2D eigenvalue weighted by Crippen LogP contribution is -2.00. The number of rotatable bonds is 6. The summed E-state index contributed by atoms with van der Waals surface area (Å²) in [6, 6.07) is 65.8. The number of fused-ring (bicyclic) bond motifs is 6. The number of furan rings is 1. The van der Waals surface area contributed by atoms with Crippen LogP contribution < -0.4 is 0 Å². The van der Waals surface area contributed by atoms with Gasteiger partial charge < -0.3 is 4.42 Å². The summed E-state index contributed by atoms with van der Waals surface area (Å²) in [6.45, 7) is 0. The van der Waals surface area contributed by atoms with E-state index in [4.69, 9.17) is 19.4 Å². The minimum Gasteiger partial charge on any atom is -0.456 e. The summed E-state index contributed by atoms with van der Waals surface area (Å²) < 4.78 is 8.79. The van der Waals surface area contributed by atoms with E-state index in [-0.39, 0.29) is 0 Å². The molecule has 0 radical (unpaired) electrons. The van der Waals surface area contributed by atoms with Crippen molar-refractivity contribution in [2.45, 2.75) is 0 Å². The first-order chi connectivity index (χ1) is 27.7. The molecule has 0 aliphatic rings. The maximum absolute atomic E-state index is 6.25. The first-order valence-electron chi connectivity index (χ1n) is 18.7. The Morgan fingerprint density at radius 3 is 1.45 bits per heavy atom. The van der Waals surface area contributed by atoms with Gasteiger partial charge in [0.05, 0.1) is 0 Å². The Hall–Kier alpha value is -7.21. The van der Waals surface area contributed by atoms with Crippen molar-refractivity contribution in [2.75, 3.05) is 0 Å². The van der Waals surface area contributed by atoms with Crippen molar-refractivity contribution in [1.29, 1.82) is 0 Å². The van der Waals surface area contributed by atoms with Gasteiger partial charge in [0.25, 0.3) is 0 Å². The largest absolute Gasteiger partial charge is 0.456 e. The van der Waals surface area contributed by atoms with E-state index in [2.05, 4.69) is 133 Å². The van der Waals surface area contributed by atoms with Gasteiger partial charge in [-0.2, -0.15) is 0 Å². The smallest absolute Gasteiger partial charge is 0.164 e. The molecule has 0 saturated carbocycles. The average Bonchev–Trinajstić information content (AvgIpc) is 3.85. The summed E-state index contributed by atoms with van der Waals surface area (Å²) in [4.78, 5) is 15.2. The molecule has 8 aromatic carbocycles. The van der Waals surface area contributed by atoms with Crippen molar-refractivity contribution >= 4 is 53.4 Å². The molecule has 0 N–H and O–H groups in total. The molecule has 3 aromatic heterocycles. The predicted octanol–water partition coefficient (Wildman–Crippen LogP) is 14.1. The molecular formula is C51H31N3OS. The van der Waals surface area contributed by atoms with Gasteiger partial charge in [0.2, 0.25) is 0 Å². The average molecular weight is 734 g/mol. The molecule has 0 fully saturated rings. The van der Waals surface area contributed by atoms with Crippen LogP contribution in [0.15, 0.2) is 192 Å². The van der Waals surface area contributed by atoms with Gasteiger partial charge in [-0.05, 0) is 63.7 Å². The second kappa shape index (κ2) is 13.3. The Kier molecular flexibility index (Phi) is 7.64. The molecule has 0 aliphatic carbocycles. The van der Waals surface area contributed by atoms with Crippen LogP contribution in [-0.2, 0) is 0 Å². The molecule has 3 heterocycles. The SMILES string of the molecule is c1ccc(-c2cccc(-c3cccc4c3sc3c(-c5cccc(-c6nc(-c7ccccc7)nc(-c7ccc8c(c7)oc7ccccc78)n6)c5)cccc34)c2)cc1.